The van der Waals surface area contributed by atoms with Crippen LogP contribution in [-0.2, 0) is 21.4 Å². The average Bonchev–Trinajstić information content (AvgIpc) is 3.08. The van der Waals surface area contributed by atoms with Gasteiger partial charge in [0, 0.05) is 29.9 Å². The SMILES string of the molecule is CCn1c(SCC(=O)N2[C@H](C)CCC[C@H]2C)nnc1-c1ccc(NS(C)(=O)=O)cc1. The summed E-state index contributed by atoms with van der Waals surface area (Å²) in [6.07, 6.45) is 4.40. The molecule has 10 heteroatoms. The smallest absolute Gasteiger partial charge is 0.233 e. The van der Waals surface area contributed by atoms with Gasteiger partial charge in [-0.15, -0.1) is 10.2 Å². The molecule has 0 bridgehead atoms. The number of likely N-dealkylation sites (tertiary alicyclic amines) is 1. The molecule has 1 aliphatic rings. The van der Waals surface area contributed by atoms with Crippen molar-refractivity contribution in [3.8, 4) is 11.4 Å². The molecule has 0 aliphatic carbocycles. The fourth-order valence-electron chi connectivity index (χ4n) is 3.91. The van der Waals surface area contributed by atoms with E-state index in [0.29, 0.717) is 29.0 Å². The Morgan fingerprint density at radius 2 is 1.80 bits per heavy atom. The van der Waals surface area contributed by atoms with E-state index in [4.69, 9.17) is 0 Å². The van der Waals surface area contributed by atoms with E-state index in [1.165, 1.54) is 18.2 Å². The Bertz CT molecular complexity index is 978. The maximum absolute atomic E-state index is 12.8. The van der Waals surface area contributed by atoms with Gasteiger partial charge in [-0.3, -0.25) is 9.52 Å². The Hall–Kier alpha value is -2.07. The Kier molecular flexibility index (Phi) is 7.07. The molecule has 1 saturated heterocycles. The summed E-state index contributed by atoms with van der Waals surface area (Å²) in [5.41, 5.74) is 1.33. The number of amides is 1. The first-order valence-corrected chi connectivity index (χ1v) is 13.0. The molecule has 3 rings (SSSR count). The fourth-order valence-corrected chi connectivity index (χ4v) is 5.35. The number of carbonyl (C=O) groups excluding carboxylic acids is 1. The van der Waals surface area contributed by atoms with E-state index in [1.807, 2.05) is 16.4 Å². The van der Waals surface area contributed by atoms with Crippen LogP contribution in [0, 0.1) is 0 Å². The van der Waals surface area contributed by atoms with Crippen molar-refractivity contribution in [1.82, 2.24) is 19.7 Å². The first-order valence-electron chi connectivity index (χ1n) is 10.1. The lowest BCUT2D eigenvalue weighted by Crippen LogP contribution is -2.48. The van der Waals surface area contributed by atoms with Gasteiger partial charge >= 0.3 is 0 Å². The van der Waals surface area contributed by atoms with Crippen molar-refractivity contribution >= 4 is 33.4 Å². The van der Waals surface area contributed by atoms with Crippen molar-refractivity contribution in [2.24, 2.45) is 0 Å². The number of piperidine rings is 1. The van der Waals surface area contributed by atoms with E-state index in [0.717, 1.165) is 24.7 Å². The predicted octanol–water partition coefficient (Wildman–Crippen LogP) is 3.22. The number of rotatable bonds is 7. The molecule has 0 unspecified atom stereocenters. The maximum atomic E-state index is 12.8. The Morgan fingerprint density at radius 1 is 1.17 bits per heavy atom. The van der Waals surface area contributed by atoms with E-state index in [-0.39, 0.29) is 18.0 Å². The monoisotopic (exact) mass is 451 g/mol. The molecule has 1 N–H and O–H groups in total. The van der Waals surface area contributed by atoms with Gasteiger partial charge in [0.1, 0.15) is 0 Å². The van der Waals surface area contributed by atoms with Gasteiger partial charge in [-0.2, -0.15) is 0 Å². The first-order chi connectivity index (χ1) is 14.2. The lowest BCUT2D eigenvalue weighted by atomic mass is 9.98. The zero-order valence-electron chi connectivity index (χ0n) is 17.8. The van der Waals surface area contributed by atoms with Gasteiger partial charge in [-0.25, -0.2) is 8.42 Å². The van der Waals surface area contributed by atoms with Crippen LogP contribution in [0.5, 0.6) is 0 Å². The van der Waals surface area contributed by atoms with Crippen LogP contribution in [0.3, 0.4) is 0 Å². The second-order valence-electron chi connectivity index (χ2n) is 7.72. The standard InChI is InChI=1S/C20H29N5O3S2/c1-5-24-19(16-9-11-17(12-10-16)23-30(4,27)28)21-22-20(24)29-13-18(26)25-14(2)7-6-8-15(25)3/h9-12,14-15,23H,5-8,13H2,1-4H3/t14-,15-/m1/s1. The third kappa shape index (κ3) is 5.34. The highest BCUT2D eigenvalue weighted by molar-refractivity contribution is 7.99. The summed E-state index contributed by atoms with van der Waals surface area (Å²) in [5.74, 6) is 1.17. The molecular weight excluding hydrogens is 422 g/mol. The highest BCUT2D eigenvalue weighted by atomic mass is 32.2. The number of aromatic nitrogens is 3. The minimum Gasteiger partial charge on any atom is -0.337 e. The summed E-state index contributed by atoms with van der Waals surface area (Å²) in [6.45, 7) is 6.91. The highest BCUT2D eigenvalue weighted by Crippen LogP contribution is 2.27. The zero-order chi connectivity index (χ0) is 21.9. The normalized spacial score (nSPS) is 19.7. The number of nitrogens with one attached hydrogen (secondary N) is 1. The molecule has 164 valence electrons. The number of nitrogens with zero attached hydrogens (tertiary/aromatic N) is 4. The van der Waals surface area contributed by atoms with Gasteiger partial charge in [0.25, 0.3) is 0 Å². The lowest BCUT2D eigenvalue weighted by molar-refractivity contribution is -0.134. The van der Waals surface area contributed by atoms with Gasteiger partial charge in [-0.1, -0.05) is 11.8 Å². The summed E-state index contributed by atoms with van der Waals surface area (Å²) in [7, 11) is -3.32. The molecular formula is C20H29N5O3S2. The van der Waals surface area contributed by atoms with E-state index in [2.05, 4.69) is 28.8 Å². The minimum absolute atomic E-state index is 0.142. The molecule has 1 aromatic heterocycles. The van der Waals surface area contributed by atoms with E-state index in [1.54, 1.807) is 24.3 Å². The van der Waals surface area contributed by atoms with Crippen molar-refractivity contribution in [2.45, 2.75) is 63.8 Å². The number of benzene rings is 1. The molecule has 1 aliphatic heterocycles. The van der Waals surface area contributed by atoms with Crippen LogP contribution in [0.15, 0.2) is 29.4 Å². The van der Waals surface area contributed by atoms with Crippen LogP contribution < -0.4 is 4.72 Å². The molecule has 2 atom stereocenters. The van der Waals surface area contributed by atoms with Crippen LogP contribution >= 0.6 is 11.8 Å². The predicted molar refractivity (Wildman–Crippen MR) is 120 cm³/mol. The highest BCUT2D eigenvalue weighted by Gasteiger charge is 2.29. The van der Waals surface area contributed by atoms with Crippen LogP contribution in [0.1, 0.15) is 40.0 Å². The number of hydrogen-bond acceptors (Lipinski definition) is 6. The molecule has 0 saturated carbocycles. The first kappa shape index (κ1) is 22.6. The summed E-state index contributed by atoms with van der Waals surface area (Å²) in [5, 5.41) is 9.31. The van der Waals surface area contributed by atoms with Crippen molar-refractivity contribution in [3.05, 3.63) is 24.3 Å². The number of thioether (sulfide) groups is 1. The molecule has 0 spiro atoms. The molecule has 8 nitrogen and oxygen atoms in total. The maximum Gasteiger partial charge on any atom is 0.233 e. The number of carbonyl (C=O) groups is 1. The van der Waals surface area contributed by atoms with Gasteiger partial charge in [0.2, 0.25) is 15.9 Å². The van der Waals surface area contributed by atoms with Gasteiger partial charge in [0.15, 0.2) is 11.0 Å². The van der Waals surface area contributed by atoms with Crippen LogP contribution in [-0.4, -0.2) is 58.1 Å². The Labute approximate surface area is 182 Å². The number of hydrogen-bond donors (Lipinski definition) is 1. The molecule has 30 heavy (non-hydrogen) atoms. The Morgan fingerprint density at radius 3 is 2.37 bits per heavy atom. The molecule has 2 heterocycles. The zero-order valence-corrected chi connectivity index (χ0v) is 19.5. The lowest BCUT2D eigenvalue weighted by Gasteiger charge is -2.39. The van der Waals surface area contributed by atoms with Gasteiger partial charge < -0.3 is 9.47 Å². The molecule has 1 amide bonds. The quantitative estimate of drug-likeness (QED) is 0.649. The third-order valence-electron chi connectivity index (χ3n) is 5.29. The summed E-state index contributed by atoms with van der Waals surface area (Å²) in [6, 6.07) is 7.56. The van der Waals surface area contributed by atoms with Crippen molar-refractivity contribution in [3.63, 3.8) is 0 Å². The van der Waals surface area contributed by atoms with Gasteiger partial charge in [-0.05, 0) is 64.3 Å². The second-order valence-corrected chi connectivity index (χ2v) is 10.4. The summed E-state index contributed by atoms with van der Waals surface area (Å²) < 4.78 is 27.2. The number of sulfonamides is 1. The van der Waals surface area contributed by atoms with Crippen molar-refractivity contribution < 1.29 is 13.2 Å². The summed E-state index contributed by atoms with van der Waals surface area (Å²) >= 11 is 1.41. The van der Waals surface area contributed by atoms with E-state index in [9.17, 15) is 13.2 Å². The van der Waals surface area contributed by atoms with Crippen LogP contribution in [0.2, 0.25) is 0 Å². The second kappa shape index (κ2) is 9.38. The largest absolute Gasteiger partial charge is 0.337 e. The molecule has 2 aromatic rings. The van der Waals surface area contributed by atoms with E-state index >= 15 is 0 Å². The van der Waals surface area contributed by atoms with Crippen molar-refractivity contribution in [1.29, 1.82) is 0 Å². The third-order valence-corrected chi connectivity index (χ3v) is 6.84. The minimum atomic E-state index is -3.32. The molecule has 1 fully saturated rings. The van der Waals surface area contributed by atoms with Gasteiger partial charge in [0.05, 0.1) is 12.0 Å². The fraction of sp³-hybridized carbons (Fsp3) is 0.550. The van der Waals surface area contributed by atoms with E-state index < -0.39 is 10.0 Å². The topological polar surface area (TPSA) is 97.2 Å². The van der Waals surface area contributed by atoms with Crippen molar-refractivity contribution in [2.75, 3.05) is 16.7 Å². The average molecular weight is 452 g/mol. The molecule has 0 radical (unpaired) electrons. The Balaban J connectivity index is 1.72. The number of anilines is 1. The van der Waals surface area contributed by atoms with Crippen LogP contribution in [0.25, 0.3) is 11.4 Å². The van der Waals surface area contributed by atoms with Crippen LogP contribution in [0.4, 0.5) is 5.69 Å². The summed E-state index contributed by atoms with van der Waals surface area (Å²) in [4.78, 5) is 14.8. The molecule has 1 aromatic carbocycles.